The summed E-state index contributed by atoms with van der Waals surface area (Å²) in [5.74, 6) is 0.113. The lowest BCUT2D eigenvalue weighted by atomic mass is 10.2. The molecule has 2 aliphatic heterocycles. The van der Waals surface area contributed by atoms with E-state index in [1.54, 1.807) is 12.3 Å². The highest BCUT2D eigenvalue weighted by Crippen LogP contribution is 2.41. The molecule has 0 aliphatic carbocycles. The average molecular weight is 362 g/mol. The van der Waals surface area contributed by atoms with Crippen LogP contribution in [-0.2, 0) is 0 Å². The van der Waals surface area contributed by atoms with Crippen molar-refractivity contribution >= 4 is 17.4 Å². The van der Waals surface area contributed by atoms with E-state index >= 15 is 0 Å². The molecule has 9 heteroatoms. The van der Waals surface area contributed by atoms with Crippen molar-refractivity contribution in [3.8, 4) is 11.5 Å². The van der Waals surface area contributed by atoms with Gasteiger partial charge in [-0.3, -0.25) is 4.79 Å². The van der Waals surface area contributed by atoms with Crippen molar-refractivity contribution < 1.29 is 23.0 Å². The fourth-order valence-corrected chi connectivity index (χ4v) is 2.83. The largest absolute Gasteiger partial charge is 0.586 e. The van der Waals surface area contributed by atoms with E-state index in [1.807, 2.05) is 6.07 Å². The van der Waals surface area contributed by atoms with E-state index in [1.165, 1.54) is 18.2 Å². The summed E-state index contributed by atoms with van der Waals surface area (Å²) in [6.45, 7) is 3.56. The van der Waals surface area contributed by atoms with Crippen LogP contribution in [0.5, 0.6) is 11.5 Å². The highest BCUT2D eigenvalue weighted by Gasteiger charge is 2.43. The highest BCUT2D eigenvalue weighted by atomic mass is 19.3. The van der Waals surface area contributed by atoms with Gasteiger partial charge < -0.3 is 25.0 Å². The van der Waals surface area contributed by atoms with Crippen LogP contribution in [0.3, 0.4) is 0 Å². The minimum atomic E-state index is -3.71. The number of hydrogen-bond donors (Lipinski definition) is 2. The number of carbonyl (C=O) groups is 1. The van der Waals surface area contributed by atoms with Crippen LogP contribution >= 0.6 is 0 Å². The first kappa shape index (κ1) is 16.5. The van der Waals surface area contributed by atoms with Gasteiger partial charge in [0.15, 0.2) is 11.5 Å². The Morgan fingerprint density at radius 3 is 2.65 bits per heavy atom. The van der Waals surface area contributed by atoms with Gasteiger partial charge in [-0.05, 0) is 30.3 Å². The third-order valence-electron chi connectivity index (χ3n) is 4.11. The van der Waals surface area contributed by atoms with Crippen LogP contribution < -0.4 is 25.0 Å². The third kappa shape index (κ3) is 3.38. The zero-order valence-electron chi connectivity index (χ0n) is 13.7. The summed E-state index contributed by atoms with van der Waals surface area (Å²) in [6, 6.07) is 7.47. The quantitative estimate of drug-likeness (QED) is 0.871. The Labute approximate surface area is 147 Å². The van der Waals surface area contributed by atoms with Crippen LogP contribution in [-0.4, -0.2) is 43.4 Å². The first-order valence-corrected chi connectivity index (χ1v) is 8.13. The molecule has 1 amide bonds. The zero-order chi connectivity index (χ0) is 18.1. The van der Waals surface area contributed by atoms with Crippen molar-refractivity contribution in [2.75, 3.05) is 36.4 Å². The summed E-state index contributed by atoms with van der Waals surface area (Å²) in [7, 11) is 0. The summed E-state index contributed by atoms with van der Waals surface area (Å²) in [4.78, 5) is 18.8. The first-order chi connectivity index (χ1) is 12.5. The second kappa shape index (κ2) is 6.41. The molecule has 0 atom stereocenters. The summed E-state index contributed by atoms with van der Waals surface area (Å²) < 4.78 is 34.8. The topological polar surface area (TPSA) is 75.7 Å². The molecular formula is C17H16F2N4O3. The van der Waals surface area contributed by atoms with E-state index in [0.29, 0.717) is 5.69 Å². The van der Waals surface area contributed by atoms with Crippen molar-refractivity contribution in [1.29, 1.82) is 0 Å². The van der Waals surface area contributed by atoms with Crippen molar-refractivity contribution in [1.82, 2.24) is 10.3 Å². The van der Waals surface area contributed by atoms with Crippen LogP contribution in [0.15, 0.2) is 36.5 Å². The summed E-state index contributed by atoms with van der Waals surface area (Å²) in [5, 5.41) is 5.95. The number of carbonyl (C=O) groups excluding carboxylic acids is 1. The summed E-state index contributed by atoms with van der Waals surface area (Å²) in [6.07, 6.45) is -2.14. The number of anilines is 2. The SMILES string of the molecule is O=C(Nc1ccc(N2CCNCC2)nc1)c1ccc2c(c1)OC(F)(F)O2. The Morgan fingerprint density at radius 1 is 1.15 bits per heavy atom. The molecule has 136 valence electrons. The normalized spacial score (nSPS) is 17.8. The number of nitrogens with one attached hydrogen (secondary N) is 2. The molecule has 1 aromatic heterocycles. The number of halogens is 2. The molecule has 1 fully saturated rings. The molecule has 2 N–H and O–H groups in total. The second-order valence-electron chi connectivity index (χ2n) is 5.93. The number of rotatable bonds is 3. The molecule has 3 heterocycles. The number of hydrogen-bond acceptors (Lipinski definition) is 6. The molecule has 1 aromatic carbocycles. The highest BCUT2D eigenvalue weighted by molar-refractivity contribution is 6.04. The van der Waals surface area contributed by atoms with Gasteiger partial charge in [0.25, 0.3) is 5.91 Å². The number of fused-ring (bicyclic) bond motifs is 1. The number of piperazine rings is 1. The predicted octanol–water partition coefficient (Wildman–Crippen LogP) is 2.06. The molecule has 7 nitrogen and oxygen atoms in total. The lowest BCUT2D eigenvalue weighted by Gasteiger charge is -2.28. The molecule has 26 heavy (non-hydrogen) atoms. The Hall–Kier alpha value is -2.94. The number of aromatic nitrogens is 1. The monoisotopic (exact) mass is 362 g/mol. The minimum Gasteiger partial charge on any atom is -0.395 e. The molecule has 2 aliphatic rings. The van der Waals surface area contributed by atoms with Gasteiger partial charge in [-0.2, -0.15) is 0 Å². The van der Waals surface area contributed by atoms with Gasteiger partial charge in [-0.1, -0.05) is 0 Å². The average Bonchev–Trinajstić information content (AvgIpc) is 2.96. The lowest BCUT2D eigenvalue weighted by Crippen LogP contribution is -2.43. The van der Waals surface area contributed by atoms with E-state index in [4.69, 9.17) is 0 Å². The van der Waals surface area contributed by atoms with Crippen molar-refractivity contribution in [2.45, 2.75) is 6.29 Å². The molecule has 2 aromatic rings. The molecular weight excluding hydrogens is 346 g/mol. The number of alkyl halides is 2. The van der Waals surface area contributed by atoms with Crippen molar-refractivity contribution in [2.24, 2.45) is 0 Å². The van der Waals surface area contributed by atoms with Gasteiger partial charge in [-0.15, -0.1) is 8.78 Å². The molecule has 4 rings (SSSR count). The molecule has 0 spiro atoms. The van der Waals surface area contributed by atoms with E-state index in [0.717, 1.165) is 32.0 Å². The van der Waals surface area contributed by atoms with Gasteiger partial charge >= 0.3 is 6.29 Å². The predicted molar refractivity (Wildman–Crippen MR) is 89.9 cm³/mol. The van der Waals surface area contributed by atoms with Crippen LogP contribution in [0.1, 0.15) is 10.4 Å². The number of pyridine rings is 1. The lowest BCUT2D eigenvalue weighted by molar-refractivity contribution is -0.286. The summed E-state index contributed by atoms with van der Waals surface area (Å²) >= 11 is 0. The molecule has 0 bridgehead atoms. The minimum absolute atomic E-state index is 0.103. The van der Waals surface area contributed by atoms with Gasteiger partial charge in [0.05, 0.1) is 11.9 Å². The van der Waals surface area contributed by atoms with E-state index in [-0.39, 0.29) is 17.1 Å². The summed E-state index contributed by atoms with van der Waals surface area (Å²) in [5.41, 5.74) is 0.688. The van der Waals surface area contributed by atoms with Crippen molar-refractivity contribution in [3.05, 3.63) is 42.1 Å². The first-order valence-electron chi connectivity index (χ1n) is 8.13. The van der Waals surface area contributed by atoms with Crippen molar-refractivity contribution in [3.63, 3.8) is 0 Å². The Balaban J connectivity index is 1.44. The zero-order valence-corrected chi connectivity index (χ0v) is 13.7. The number of ether oxygens (including phenoxy) is 2. The fourth-order valence-electron chi connectivity index (χ4n) is 2.83. The van der Waals surface area contributed by atoms with Gasteiger partial charge in [0.2, 0.25) is 0 Å². The maximum Gasteiger partial charge on any atom is 0.586 e. The van der Waals surface area contributed by atoms with Crippen LogP contribution in [0.4, 0.5) is 20.3 Å². The molecule has 0 saturated carbocycles. The van der Waals surface area contributed by atoms with Crippen LogP contribution in [0.2, 0.25) is 0 Å². The van der Waals surface area contributed by atoms with Crippen LogP contribution in [0.25, 0.3) is 0 Å². The van der Waals surface area contributed by atoms with Gasteiger partial charge in [0, 0.05) is 31.7 Å². The number of amides is 1. The van der Waals surface area contributed by atoms with E-state index in [2.05, 4.69) is 30.0 Å². The molecule has 0 radical (unpaired) electrons. The van der Waals surface area contributed by atoms with Crippen LogP contribution in [0, 0.1) is 0 Å². The molecule has 0 unspecified atom stereocenters. The third-order valence-corrected chi connectivity index (χ3v) is 4.11. The second-order valence-corrected chi connectivity index (χ2v) is 5.93. The molecule has 1 saturated heterocycles. The maximum atomic E-state index is 13.0. The fraction of sp³-hybridized carbons (Fsp3) is 0.294. The Bertz CT molecular complexity index is 823. The standard InChI is InChI=1S/C17H16F2N4O3/c18-17(19)25-13-3-1-11(9-14(13)26-17)16(24)22-12-2-4-15(21-10-12)23-7-5-20-6-8-23/h1-4,9-10,20H,5-8H2,(H,22,24). The maximum absolute atomic E-state index is 13.0. The Kier molecular flexibility index (Phi) is 4.08. The van der Waals surface area contributed by atoms with E-state index < -0.39 is 12.2 Å². The van der Waals surface area contributed by atoms with E-state index in [9.17, 15) is 13.6 Å². The smallest absolute Gasteiger partial charge is 0.395 e. The number of nitrogens with zero attached hydrogens (tertiary/aromatic N) is 2. The number of benzene rings is 1. The van der Waals surface area contributed by atoms with Gasteiger partial charge in [0.1, 0.15) is 5.82 Å². The van der Waals surface area contributed by atoms with Gasteiger partial charge in [-0.25, -0.2) is 4.98 Å². The Morgan fingerprint density at radius 2 is 1.92 bits per heavy atom.